The predicted octanol–water partition coefficient (Wildman–Crippen LogP) is 20.0. The van der Waals surface area contributed by atoms with E-state index < -0.39 is 24.3 Å². The lowest BCUT2D eigenvalue weighted by atomic mass is 10.0. The third-order valence-electron chi connectivity index (χ3n) is 15.5. The SMILES string of the molecule is CCCCCCC/C=C\C/C=C\C/C=C\CCCCCCCCC(=O)OC(COC(=O)CCCCCCCCCCCCCCCCCCCCCCCCC/C=C\CCCCCCCCCC)COC(OCC[N+](C)(C)C)C(=O)[O-]. The zero-order chi connectivity index (χ0) is 59.1. The molecular weight excluding hydrogens is 1010 g/mol. The second kappa shape index (κ2) is 63.3. The van der Waals surface area contributed by atoms with Gasteiger partial charge >= 0.3 is 11.9 Å². The summed E-state index contributed by atoms with van der Waals surface area (Å²) in [4.78, 5) is 37.4. The molecule has 0 rings (SSSR count). The van der Waals surface area contributed by atoms with Gasteiger partial charge in [0, 0.05) is 12.8 Å². The third kappa shape index (κ3) is 64.7. The molecule has 0 radical (unpaired) electrons. The molecule has 0 heterocycles. The molecule has 0 aromatic heterocycles. The molecule has 0 N–H and O–H groups in total. The molecule has 0 saturated heterocycles. The van der Waals surface area contributed by atoms with Crippen LogP contribution in [-0.2, 0) is 33.3 Å². The van der Waals surface area contributed by atoms with Gasteiger partial charge in [0.25, 0.3) is 0 Å². The summed E-state index contributed by atoms with van der Waals surface area (Å²) in [5, 5.41) is 11.8. The second-order valence-electron chi connectivity index (χ2n) is 24.8. The first-order valence-electron chi connectivity index (χ1n) is 34.8. The molecule has 2 atom stereocenters. The van der Waals surface area contributed by atoms with Gasteiger partial charge in [-0.2, -0.15) is 0 Å². The van der Waals surface area contributed by atoms with Crippen LogP contribution < -0.4 is 5.11 Å². The van der Waals surface area contributed by atoms with Gasteiger partial charge in [-0.3, -0.25) is 9.59 Å². The molecule has 0 amide bonds. The number of quaternary nitrogens is 1. The lowest BCUT2D eigenvalue weighted by molar-refractivity contribution is -0.870. The van der Waals surface area contributed by atoms with Gasteiger partial charge in [0.05, 0.1) is 40.3 Å². The normalized spacial score (nSPS) is 13.0. The van der Waals surface area contributed by atoms with Crippen molar-refractivity contribution in [2.75, 3.05) is 47.5 Å². The minimum atomic E-state index is -1.63. The van der Waals surface area contributed by atoms with Gasteiger partial charge in [-0.1, -0.05) is 294 Å². The molecule has 0 aliphatic heterocycles. The molecule has 9 heteroatoms. The largest absolute Gasteiger partial charge is 0.545 e. The van der Waals surface area contributed by atoms with Crippen LogP contribution in [0.1, 0.15) is 335 Å². The van der Waals surface area contributed by atoms with Crippen molar-refractivity contribution < 1.29 is 42.9 Å². The molecule has 0 aliphatic carbocycles. The minimum Gasteiger partial charge on any atom is -0.545 e. The minimum absolute atomic E-state index is 0.145. The molecule has 0 aromatic carbocycles. The van der Waals surface area contributed by atoms with E-state index in [1.54, 1.807) is 0 Å². The van der Waals surface area contributed by atoms with Crippen LogP contribution in [0.25, 0.3) is 0 Å². The van der Waals surface area contributed by atoms with Crippen molar-refractivity contribution in [1.82, 2.24) is 0 Å². The fraction of sp³-hybridized carbons (Fsp3) is 0.847. The second-order valence-corrected chi connectivity index (χ2v) is 24.8. The first kappa shape index (κ1) is 78.2. The van der Waals surface area contributed by atoms with Crippen LogP contribution >= 0.6 is 0 Å². The summed E-state index contributed by atoms with van der Waals surface area (Å²) < 4.78 is 22.8. The number of carbonyl (C=O) groups excluding carboxylic acids is 3. The van der Waals surface area contributed by atoms with Crippen LogP contribution in [0.5, 0.6) is 0 Å². The topological polar surface area (TPSA) is 111 Å². The van der Waals surface area contributed by atoms with Crippen LogP contribution in [0.2, 0.25) is 0 Å². The van der Waals surface area contributed by atoms with Crippen LogP contribution in [0.4, 0.5) is 0 Å². The van der Waals surface area contributed by atoms with Gasteiger partial charge in [0.15, 0.2) is 12.4 Å². The number of carbonyl (C=O) groups is 3. The molecule has 0 bridgehead atoms. The number of hydrogen-bond donors (Lipinski definition) is 0. The first-order chi connectivity index (χ1) is 39.6. The Morgan fingerprint density at radius 2 is 0.667 bits per heavy atom. The molecule has 0 saturated carbocycles. The lowest BCUT2D eigenvalue weighted by Gasteiger charge is -2.26. The molecule has 9 nitrogen and oxygen atoms in total. The smallest absolute Gasteiger partial charge is 0.306 e. The highest BCUT2D eigenvalue weighted by Crippen LogP contribution is 2.18. The Balaban J connectivity index is 4.04. The number of unbranched alkanes of at least 4 members (excludes halogenated alkanes) is 42. The molecule has 0 fully saturated rings. The van der Waals surface area contributed by atoms with Gasteiger partial charge in [0.1, 0.15) is 13.2 Å². The Morgan fingerprint density at radius 1 is 0.370 bits per heavy atom. The van der Waals surface area contributed by atoms with E-state index >= 15 is 0 Å². The number of rotatable bonds is 65. The summed E-state index contributed by atoms with van der Waals surface area (Å²) in [5.74, 6) is -2.28. The van der Waals surface area contributed by atoms with Gasteiger partial charge in [-0.05, 0) is 77.0 Å². The van der Waals surface area contributed by atoms with E-state index in [1.165, 1.54) is 231 Å². The summed E-state index contributed by atoms with van der Waals surface area (Å²) in [7, 11) is 5.93. The monoisotopic (exact) mass is 1140 g/mol. The van der Waals surface area contributed by atoms with Crippen molar-refractivity contribution in [3.05, 3.63) is 48.6 Å². The summed E-state index contributed by atoms with van der Waals surface area (Å²) in [6.45, 7) is 4.77. The number of esters is 2. The summed E-state index contributed by atoms with van der Waals surface area (Å²) >= 11 is 0. The fourth-order valence-electron chi connectivity index (χ4n) is 10.2. The number of likely N-dealkylation sites (N-methyl/N-ethyl adjacent to an activating group) is 1. The van der Waals surface area contributed by atoms with Crippen molar-refractivity contribution in [2.45, 2.75) is 347 Å². The van der Waals surface area contributed by atoms with E-state index in [2.05, 4.69) is 62.5 Å². The van der Waals surface area contributed by atoms with Crippen molar-refractivity contribution >= 4 is 17.9 Å². The number of aliphatic carboxylic acids is 1. The summed E-state index contributed by atoms with van der Waals surface area (Å²) in [6.07, 6.45) is 77.8. The number of ether oxygens (including phenoxy) is 4. The van der Waals surface area contributed by atoms with Crippen molar-refractivity contribution in [3.8, 4) is 0 Å². The van der Waals surface area contributed by atoms with Gasteiger partial charge in [-0.15, -0.1) is 0 Å². The average molecular weight is 1140 g/mol. The molecule has 474 valence electrons. The quantitative estimate of drug-likeness (QED) is 0.0195. The van der Waals surface area contributed by atoms with E-state index in [1.807, 2.05) is 21.1 Å². The Bertz CT molecular complexity index is 1470. The van der Waals surface area contributed by atoms with E-state index in [0.717, 1.165) is 70.6 Å². The number of nitrogens with zero attached hydrogens (tertiary/aromatic N) is 1. The maximum absolute atomic E-state index is 12.9. The lowest BCUT2D eigenvalue weighted by Crippen LogP contribution is -2.44. The number of allylic oxidation sites excluding steroid dienone is 8. The van der Waals surface area contributed by atoms with Crippen molar-refractivity contribution in [3.63, 3.8) is 0 Å². The maximum Gasteiger partial charge on any atom is 0.306 e. The van der Waals surface area contributed by atoms with E-state index in [4.69, 9.17) is 18.9 Å². The first-order valence-corrected chi connectivity index (χ1v) is 34.8. The Labute approximate surface area is 502 Å². The molecule has 0 aromatic rings. The van der Waals surface area contributed by atoms with Crippen LogP contribution in [0.3, 0.4) is 0 Å². The predicted molar refractivity (Wildman–Crippen MR) is 343 cm³/mol. The highest BCUT2D eigenvalue weighted by atomic mass is 16.7. The average Bonchev–Trinajstić information content (AvgIpc) is 3.44. The Morgan fingerprint density at radius 3 is 1.00 bits per heavy atom. The van der Waals surface area contributed by atoms with Gasteiger partial charge < -0.3 is 33.3 Å². The standard InChI is InChI=1S/C72H133NO8/c1-6-8-10-12-14-16-18-20-22-24-26-28-29-30-31-32-33-34-35-36-37-38-39-40-41-43-44-46-48-50-52-54-56-58-60-62-69(74)79-66-68(67-80-72(71(76)77)78-65-64-73(3,4)5)81-70(75)63-61-59-57-55-53-51-49-47-45-42-27-25-23-21-19-17-15-13-11-9-7-2/h19,21,24-27,45,47,68,72H,6-18,20,22-23,28-44,46,48-67H2,1-5H3/b21-19-,26-24-,27-25-,47-45-. The molecule has 2 unspecified atom stereocenters. The number of hydrogen-bond acceptors (Lipinski definition) is 8. The summed E-state index contributed by atoms with van der Waals surface area (Å²) in [6, 6.07) is 0. The number of carboxylic acids is 1. The maximum atomic E-state index is 12.9. The van der Waals surface area contributed by atoms with Gasteiger partial charge in [0.2, 0.25) is 0 Å². The third-order valence-corrected chi connectivity index (χ3v) is 15.5. The number of carboxylic acid groups (broad SMARTS) is 1. The van der Waals surface area contributed by atoms with Crippen LogP contribution in [-0.4, -0.2) is 82.3 Å². The Kier molecular flexibility index (Phi) is 61.1. The van der Waals surface area contributed by atoms with Crippen LogP contribution in [0.15, 0.2) is 48.6 Å². The highest BCUT2D eigenvalue weighted by molar-refractivity contribution is 5.70. The highest BCUT2D eigenvalue weighted by Gasteiger charge is 2.22. The van der Waals surface area contributed by atoms with Crippen LogP contribution in [0, 0.1) is 0 Å². The van der Waals surface area contributed by atoms with Gasteiger partial charge in [-0.25, -0.2) is 0 Å². The molecule has 0 aliphatic rings. The van der Waals surface area contributed by atoms with E-state index in [9.17, 15) is 19.5 Å². The summed E-state index contributed by atoms with van der Waals surface area (Å²) in [5.41, 5.74) is 0. The Hall–Kier alpha value is -2.75. The molecule has 81 heavy (non-hydrogen) atoms. The fourth-order valence-corrected chi connectivity index (χ4v) is 10.2. The van der Waals surface area contributed by atoms with E-state index in [-0.39, 0.29) is 32.2 Å². The molecular formula is C72H133NO8. The molecule has 0 spiro atoms. The van der Waals surface area contributed by atoms with E-state index in [0.29, 0.717) is 23.9 Å². The van der Waals surface area contributed by atoms with Crippen molar-refractivity contribution in [2.24, 2.45) is 0 Å². The van der Waals surface area contributed by atoms with Crippen molar-refractivity contribution in [1.29, 1.82) is 0 Å². The zero-order valence-electron chi connectivity index (χ0n) is 54.2. The zero-order valence-corrected chi connectivity index (χ0v) is 54.2.